The summed E-state index contributed by atoms with van der Waals surface area (Å²) in [6, 6.07) is 1.86. The molecule has 1 amide bonds. The molecule has 1 saturated heterocycles. The Kier molecular flexibility index (Phi) is 6.02. The fourth-order valence-electron chi connectivity index (χ4n) is 2.84. The van der Waals surface area contributed by atoms with E-state index in [9.17, 15) is 4.79 Å². The molecule has 1 atom stereocenters. The standard InChI is InChI=1S/C19H29N5O/c1-7-8-20-17(25)15(3)23-9-11-24(12-10-23)16-13-14(2)21-18(22-16)19(4,5)6/h1,13,15H,8-12H2,2-6H3,(H,20,25). The fraction of sp³-hybridized carbons (Fsp3) is 0.632. The Morgan fingerprint density at radius 3 is 2.52 bits per heavy atom. The van der Waals surface area contributed by atoms with Gasteiger partial charge in [0.1, 0.15) is 11.6 Å². The molecule has 2 rings (SSSR count). The summed E-state index contributed by atoms with van der Waals surface area (Å²) in [5, 5.41) is 2.75. The molecular formula is C19H29N5O. The third-order valence-corrected chi connectivity index (χ3v) is 4.44. The maximum atomic E-state index is 12.1. The zero-order chi connectivity index (χ0) is 18.6. The van der Waals surface area contributed by atoms with Gasteiger partial charge in [-0.2, -0.15) is 0 Å². The number of anilines is 1. The second kappa shape index (κ2) is 7.83. The molecule has 136 valence electrons. The van der Waals surface area contributed by atoms with Crippen LogP contribution in [0, 0.1) is 19.3 Å². The quantitative estimate of drug-likeness (QED) is 0.836. The molecule has 0 aromatic carbocycles. The summed E-state index contributed by atoms with van der Waals surface area (Å²) in [5.74, 6) is 4.26. The fourth-order valence-corrected chi connectivity index (χ4v) is 2.84. The van der Waals surface area contributed by atoms with Gasteiger partial charge < -0.3 is 10.2 Å². The van der Waals surface area contributed by atoms with Crippen LogP contribution in [-0.4, -0.2) is 59.5 Å². The summed E-state index contributed by atoms with van der Waals surface area (Å²) in [6.45, 7) is 13.9. The van der Waals surface area contributed by atoms with Crippen molar-refractivity contribution in [1.29, 1.82) is 0 Å². The van der Waals surface area contributed by atoms with Gasteiger partial charge in [-0.3, -0.25) is 9.69 Å². The van der Waals surface area contributed by atoms with Gasteiger partial charge >= 0.3 is 0 Å². The van der Waals surface area contributed by atoms with Gasteiger partial charge in [0.2, 0.25) is 5.91 Å². The van der Waals surface area contributed by atoms with E-state index in [0.29, 0.717) is 0 Å². The van der Waals surface area contributed by atoms with Gasteiger partial charge in [-0.05, 0) is 13.8 Å². The highest BCUT2D eigenvalue weighted by atomic mass is 16.2. The van der Waals surface area contributed by atoms with Gasteiger partial charge in [0.25, 0.3) is 0 Å². The first-order chi connectivity index (χ1) is 11.7. The number of carbonyl (C=O) groups excluding carboxylic acids is 1. The number of aryl methyl sites for hydroxylation is 1. The molecule has 6 nitrogen and oxygen atoms in total. The molecule has 1 aliphatic heterocycles. The van der Waals surface area contributed by atoms with Crippen LogP contribution in [0.25, 0.3) is 0 Å². The van der Waals surface area contributed by atoms with E-state index in [1.165, 1.54) is 0 Å². The van der Waals surface area contributed by atoms with Crippen LogP contribution in [0.5, 0.6) is 0 Å². The summed E-state index contributed by atoms with van der Waals surface area (Å²) in [6.07, 6.45) is 5.20. The van der Waals surface area contributed by atoms with Crippen molar-refractivity contribution < 1.29 is 4.79 Å². The number of hydrogen-bond donors (Lipinski definition) is 1. The number of rotatable bonds is 4. The number of aromatic nitrogens is 2. The lowest BCUT2D eigenvalue weighted by Gasteiger charge is -2.38. The molecule has 0 radical (unpaired) electrons. The van der Waals surface area contributed by atoms with E-state index in [1.54, 1.807) is 0 Å². The normalized spacial score (nSPS) is 17.0. The molecule has 0 aliphatic carbocycles. The molecule has 0 spiro atoms. The Hall–Kier alpha value is -2.13. The largest absolute Gasteiger partial charge is 0.354 e. The third-order valence-electron chi connectivity index (χ3n) is 4.44. The topological polar surface area (TPSA) is 61.4 Å². The highest BCUT2D eigenvalue weighted by Crippen LogP contribution is 2.23. The van der Waals surface area contributed by atoms with Crippen molar-refractivity contribution in [3.63, 3.8) is 0 Å². The van der Waals surface area contributed by atoms with E-state index >= 15 is 0 Å². The molecule has 1 aromatic rings. The number of piperazine rings is 1. The zero-order valence-corrected chi connectivity index (χ0v) is 16.0. The first-order valence-corrected chi connectivity index (χ1v) is 8.78. The van der Waals surface area contributed by atoms with Crippen molar-refractivity contribution in [2.45, 2.75) is 46.1 Å². The predicted molar refractivity (Wildman–Crippen MR) is 101 cm³/mol. The van der Waals surface area contributed by atoms with Gasteiger partial charge in [-0.1, -0.05) is 26.7 Å². The summed E-state index contributed by atoms with van der Waals surface area (Å²) < 4.78 is 0. The number of hydrogen-bond acceptors (Lipinski definition) is 5. The first kappa shape index (κ1) is 19.2. The molecule has 1 N–H and O–H groups in total. The number of nitrogens with zero attached hydrogens (tertiary/aromatic N) is 4. The van der Waals surface area contributed by atoms with Crippen LogP contribution in [0.3, 0.4) is 0 Å². The molecule has 25 heavy (non-hydrogen) atoms. The Bertz CT molecular complexity index is 651. The van der Waals surface area contributed by atoms with Crippen LogP contribution in [0.1, 0.15) is 39.2 Å². The minimum Gasteiger partial charge on any atom is -0.354 e. The van der Waals surface area contributed by atoms with Crippen molar-refractivity contribution >= 4 is 11.7 Å². The lowest BCUT2D eigenvalue weighted by molar-refractivity contribution is -0.125. The molecule has 0 bridgehead atoms. The maximum absolute atomic E-state index is 12.1. The van der Waals surface area contributed by atoms with E-state index in [-0.39, 0.29) is 23.9 Å². The summed E-state index contributed by atoms with van der Waals surface area (Å²) >= 11 is 0. The molecule has 1 unspecified atom stereocenters. The first-order valence-electron chi connectivity index (χ1n) is 8.78. The summed E-state index contributed by atoms with van der Waals surface area (Å²) in [7, 11) is 0. The highest BCUT2D eigenvalue weighted by molar-refractivity contribution is 5.81. The molecule has 2 heterocycles. The van der Waals surface area contributed by atoms with E-state index < -0.39 is 0 Å². The van der Waals surface area contributed by atoms with Crippen molar-refractivity contribution in [3.05, 3.63) is 17.6 Å². The Balaban J connectivity index is 2.02. The number of amides is 1. The Labute approximate surface area is 151 Å². The van der Waals surface area contributed by atoms with Crippen LogP contribution in [0.4, 0.5) is 5.82 Å². The molecule has 1 aromatic heterocycles. The van der Waals surface area contributed by atoms with Crippen LogP contribution in [0.15, 0.2) is 6.07 Å². The lowest BCUT2D eigenvalue weighted by atomic mass is 9.95. The van der Waals surface area contributed by atoms with Crippen LogP contribution >= 0.6 is 0 Å². The lowest BCUT2D eigenvalue weighted by Crippen LogP contribution is -2.54. The summed E-state index contributed by atoms with van der Waals surface area (Å²) in [5.41, 5.74) is 0.908. The smallest absolute Gasteiger partial charge is 0.237 e. The third kappa shape index (κ3) is 4.93. The number of terminal acetylenes is 1. The van der Waals surface area contributed by atoms with Gasteiger partial charge in [0, 0.05) is 43.4 Å². The number of carbonyl (C=O) groups is 1. The minimum atomic E-state index is -0.173. The molecule has 0 saturated carbocycles. The summed E-state index contributed by atoms with van der Waals surface area (Å²) in [4.78, 5) is 25.9. The SMILES string of the molecule is C#CCNC(=O)C(C)N1CCN(c2cc(C)nc(C(C)(C)C)n2)CC1. The van der Waals surface area contributed by atoms with Crippen molar-refractivity contribution in [3.8, 4) is 12.3 Å². The van der Waals surface area contributed by atoms with Gasteiger partial charge in [0.05, 0.1) is 12.6 Å². The second-order valence-corrected chi connectivity index (χ2v) is 7.56. The molecule has 1 aliphatic rings. The Morgan fingerprint density at radius 2 is 1.96 bits per heavy atom. The van der Waals surface area contributed by atoms with Crippen molar-refractivity contribution in [1.82, 2.24) is 20.2 Å². The Morgan fingerprint density at radius 1 is 1.32 bits per heavy atom. The van der Waals surface area contributed by atoms with Crippen LogP contribution < -0.4 is 10.2 Å². The molecule has 6 heteroatoms. The monoisotopic (exact) mass is 343 g/mol. The van der Waals surface area contributed by atoms with E-state index in [0.717, 1.165) is 43.5 Å². The van der Waals surface area contributed by atoms with Crippen LogP contribution in [0.2, 0.25) is 0 Å². The van der Waals surface area contributed by atoms with E-state index in [2.05, 4.69) is 46.8 Å². The van der Waals surface area contributed by atoms with E-state index in [4.69, 9.17) is 11.4 Å². The second-order valence-electron chi connectivity index (χ2n) is 7.56. The van der Waals surface area contributed by atoms with Gasteiger partial charge in [-0.25, -0.2) is 9.97 Å². The highest BCUT2D eigenvalue weighted by Gasteiger charge is 2.27. The average molecular weight is 343 g/mol. The predicted octanol–water partition coefficient (Wildman–Crippen LogP) is 1.34. The zero-order valence-electron chi connectivity index (χ0n) is 16.0. The average Bonchev–Trinajstić information content (AvgIpc) is 2.57. The number of nitrogens with one attached hydrogen (secondary N) is 1. The van der Waals surface area contributed by atoms with Crippen molar-refractivity contribution in [2.75, 3.05) is 37.6 Å². The molecular weight excluding hydrogens is 314 g/mol. The van der Waals surface area contributed by atoms with E-state index in [1.807, 2.05) is 19.9 Å². The van der Waals surface area contributed by atoms with Gasteiger partial charge in [0.15, 0.2) is 0 Å². The minimum absolute atomic E-state index is 0.0145. The van der Waals surface area contributed by atoms with Gasteiger partial charge in [-0.15, -0.1) is 6.42 Å². The molecule has 1 fully saturated rings. The maximum Gasteiger partial charge on any atom is 0.237 e. The van der Waals surface area contributed by atoms with Crippen LogP contribution in [-0.2, 0) is 10.2 Å². The van der Waals surface area contributed by atoms with Crippen molar-refractivity contribution in [2.24, 2.45) is 0 Å².